The van der Waals surface area contributed by atoms with Gasteiger partial charge in [-0.1, -0.05) is 103 Å². The van der Waals surface area contributed by atoms with Crippen LogP contribution in [0.15, 0.2) is 107 Å². The number of hydrogen-bond acceptors (Lipinski definition) is 1. The molecule has 0 bridgehead atoms. The largest absolute Gasteiger partial charge is 0.261 e. The molecule has 156 valence electrons. The molecule has 1 aliphatic carbocycles. The summed E-state index contributed by atoms with van der Waals surface area (Å²) in [4.78, 5) is 10.0. The minimum Gasteiger partial charge on any atom is -0.261 e. The first kappa shape index (κ1) is 20.1. The summed E-state index contributed by atoms with van der Waals surface area (Å²) < 4.78 is 0. The van der Waals surface area contributed by atoms with Crippen LogP contribution >= 0.6 is 0 Å². The van der Waals surface area contributed by atoms with Crippen molar-refractivity contribution in [1.82, 2.24) is 0 Å². The molecule has 0 fully saturated rings. The topological polar surface area (TPSA) is 24.7 Å². The summed E-state index contributed by atoms with van der Waals surface area (Å²) in [5.41, 5.74) is 11.1. The van der Waals surface area contributed by atoms with Crippen LogP contribution in [0.2, 0.25) is 0 Å². The maximum absolute atomic E-state index is 5.07. The molecule has 0 N–H and O–H groups in total. The third kappa shape index (κ3) is 4.04. The highest BCUT2D eigenvalue weighted by molar-refractivity contribution is 6.14. The van der Waals surface area contributed by atoms with Crippen LogP contribution in [0.4, 0.5) is 0 Å². The molecule has 0 atom stereocenters. The number of amidine groups is 1. The van der Waals surface area contributed by atoms with Crippen molar-refractivity contribution in [3.63, 3.8) is 0 Å². The number of aliphatic imine (C=N–C) groups is 2. The zero-order valence-corrected chi connectivity index (χ0v) is 18.5. The predicted octanol–water partition coefficient (Wildman–Crippen LogP) is 7.02. The van der Waals surface area contributed by atoms with Crippen LogP contribution in [0.5, 0.6) is 0 Å². The fourth-order valence-corrected chi connectivity index (χ4v) is 4.46. The smallest absolute Gasteiger partial charge is 0.155 e. The van der Waals surface area contributed by atoms with E-state index in [4.69, 9.17) is 9.98 Å². The average Bonchev–Trinajstić information content (AvgIpc) is 3.21. The molecule has 2 nitrogen and oxygen atoms in total. The zero-order chi connectivity index (χ0) is 21.9. The van der Waals surface area contributed by atoms with Crippen molar-refractivity contribution in [2.24, 2.45) is 9.98 Å². The molecule has 0 amide bonds. The lowest BCUT2D eigenvalue weighted by Crippen LogP contribution is -2.06. The molecular weight excluding hydrogens is 388 g/mol. The summed E-state index contributed by atoms with van der Waals surface area (Å²) >= 11 is 0. The van der Waals surface area contributed by atoms with Crippen LogP contribution in [0.25, 0.3) is 11.1 Å². The van der Waals surface area contributed by atoms with E-state index in [0.29, 0.717) is 6.54 Å². The Kier molecular flexibility index (Phi) is 5.51. The number of rotatable bonds is 4. The number of nitrogens with zero attached hydrogens (tertiary/aromatic N) is 2. The molecule has 0 radical (unpaired) electrons. The van der Waals surface area contributed by atoms with Gasteiger partial charge in [-0.15, -0.1) is 0 Å². The van der Waals surface area contributed by atoms with Crippen molar-refractivity contribution in [1.29, 1.82) is 0 Å². The summed E-state index contributed by atoms with van der Waals surface area (Å²) in [7, 11) is 0. The van der Waals surface area contributed by atoms with E-state index in [9.17, 15) is 0 Å². The Bertz CT molecular complexity index is 1330. The SMILES string of the molecule is CC(=NC(=NCc1cccc(C)c1)c1ccccc1)c1cccc2c1-c1ccccc1C2. The molecule has 0 unspecified atom stereocenters. The molecule has 1 aliphatic rings. The van der Waals surface area contributed by atoms with Gasteiger partial charge in [0.15, 0.2) is 5.84 Å². The van der Waals surface area contributed by atoms with E-state index >= 15 is 0 Å². The van der Waals surface area contributed by atoms with Gasteiger partial charge in [0.25, 0.3) is 0 Å². The van der Waals surface area contributed by atoms with E-state index in [-0.39, 0.29) is 0 Å². The van der Waals surface area contributed by atoms with E-state index < -0.39 is 0 Å². The molecular formula is C30H26N2. The third-order valence-electron chi connectivity index (χ3n) is 6.01. The summed E-state index contributed by atoms with van der Waals surface area (Å²) in [6, 6.07) is 34.0. The van der Waals surface area contributed by atoms with Gasteiger partial charge in [0, 0.05) is 16.8 Å². The summed E-state index contributed by atoms with van der Waals surface area (Å²) in [6.07, 6.45) is 0.986. The van der Waals surface area contributed by atoms with Crippen molar-refractivity contribution in [2.45, 2.75) is 26.8 Å². The van der Waals surface area contributed by atoms with Crippen molar-refractivity contribution in [3.8, 4) is 11.1 Å². The minimum atomic E-state index is 0.610. The Morgan fingerprint density at radius 2 is 1.53 bits per heavy atom. The second kappa shape index (κ2) is 8.76. The van der Waals surface area contributed by atoms with Crippen LogP contribution in [0, 0.1) is 6.92 Å². The van der Waals surface area contributed by atoms with Crippen LogP contribution in [0.1, 0.15) is 40.3 Å². The lowest BCUT2D eigenvalue weighted by Gasteiger charge is -2.11. The Morgan fingerprint density at radius 1 is 0.781 bits per heavy atom. The summed E-state index contributed by atoms with van der Waals surface area (Å²) in [5, 5.41) is 0. The Hall–Kier alpha value is -3.78. The van der Waals surface area contributed by atoms with Crippen molar-refractivity contribution >= 4 is 11.5 Å². The van der Waals surface area contributed by atoms with Crippen LogP contribution in [0.3, 0.4) is 0 Å². The molecule has 4 aromatic carbocycles. The fourth-order valence-electron chi connectivity index (χ4n) is 4.46. The lowest BCUT2D eigenvalue weighted by atomic mass is 9.97. The first-order chi connectivity index (χ1) is 15.7. The molecule has 0 saturated carbocycles. The highest BCUT2D eigenvalue weighted by Crippen LogP contribution is 2.39. The Morgan fingerprint density at radius 3 is 2.38 bits per heavy atom. The quantitative estimate of drug-likeness (QED) is 0.223. The predicted molar refractivity (Wildman–Crippen MR) is 135 cm³/mol. The molecule has 2 heteroatoms. The van der Waals surface area contributed by atoms with Gasteiger partial charge in [0.05, 0.1) is 6.54 Å². The van der Waals surface area contributed by atoms with Crippen molar-refractivity contribution < 1.29 is 0 Å². The lowest BCUT2D eigenvalue weighted by molar-refractivity contribution is 1.06. The van der Waals surface area contributed by atoms with Gasteiger partial charge < -0.3 is 0 Å². The Balaban J connectivity index is 1.57. The van der Waals surface area contributed by atoms with Gasteiger partial charge in [0.1, 0.15) is 0 Å². The molecule has 0 spiro atoms. The molecule has 5 rings (SSSR count). The van der Waals surface area contributed by atoms with Gasteiger partial charge >= 0.3 is 0 Å². The van der Waals surface area contributed by atoms with Gasteiger partial charge in [-0.05, 0) is 48.1 Å². The monoisotopic (exact) mass is 414 g/mol. The van der Waals surface area contributed by atoms with Gasteiger partial charge in [-0.3, -0.25) is 4.99 Å². The van der Waals surface area contributed by atoms with Crippen molar-refractivity contribution in [2.75, 3.05) is 0 Å². The number of hydrogen-bond donors (Lipinski definition) is 0. The van der Waals surface area contributed by atoms with Crippen LogP contribution in [-0.4, -0.2) is 11.5 Å². The zero-order valence-electron chi connectivity index (χ0n) is 18.5. The fraction of sp³-hybridized carbons (Fsp3) is 0.133. The second-order valence-electron chi connectivity index (χ2n) is 8.37. The molecule has 32 heavy (non-hydrogen) atoms. The second-order valence-corrected chi connectivity index (χ2v) is 8.37. The highest BCUT2D eigenvalue weighted by atomic mass is 14.9. The number of benzene rings is 4. The molecule has 0 aromatic heterocycles. The molecule has 4 aromatic rings. The summed E-state index contributed by atoms with van der Waals surface area (Å²) in [5.74, 6) is 0.772. The third-order valence-corrected chi connectivity index (χ3v) is 6.01. The highest BCUT2D eigenvalue weighted by Gasteiger charge is 2.21. The average molecular weight is 415 g/mol. The van der Waals surface area contributed by atoms with Gasteiger partial charge in [0.2, 0.25) is 0 Å². The first-order valence-corrected chi connectivity index (χ1v) is 11.1. The normalized spacial score (nSPS) is 13.1. The Labute approximate surface area is 190 Å². The number of aryl methyl sites for hydroxylation is 1. The van der Waals surface area contributed by atoms with E-state index in [1.807, 2.05) is 18.2 Å². The first-order valence-electron chi connectivity index (χ1n) is 11.1. The van der Waals surface area contributed by atoms with E-state index in [2.05, 4.69) is 92.7 Å². The molecule has 0 heterocycles. The van der Waals surface area contributed by atoms with E-state index in [1.54, 1.807) is 0 Å². The van der Waals surface area contributed by atoms with Gasteiger partial charge in [-0.25, -0.2) is 4.99 Å². The van der Waals surface area contributed by atoms with Crippen LogP contribution in [-0.2, 0) is 13.0 Å². The number of fused-ring (bicyclic) bond motifs is 3. The van der Waals surface area contributed by atoms with Crippen molar-refractivity contribution in [3.05, 3.63) is 130 Å². The molecule has 0 aliphatic heterocycles. The summed E-state index contributed by atoms with van der Waals surface area (Å²) in [6.45, 7) is 4.82. The standard InChI is InChI=1S/C30H26N2/c1-21-10-8-11-23(18-21)20-31-30(24-12-4-3-5-13-24)32-22(2)27-17-9-15-26-19-25-14-6-7-16-28(25)29(26)27/h3-18H,19-20H2,1-2H3. The maximum Gasteiger partial charge on any atom is 0.155 e. The minimum absolute atomic E-state index is 0.610. The van der Waals surface area contributed by atoms with E-state index in [0.717, 1.165) is 23.5 Å². The van der Waals surface area contributed by atoms with E-state index in [1.165, 1.54) is 38.9 Å². The molecule has 0 saturated heterocycles. The maximum atomic E-state index is 5.07. The van der Waals surface area contributed by atoms with Crippen LogP contribution < -0.4 is 0 Å². The van der Waals surface area contributed by atoms with Gasteiger partial charge in [-0.2, -0.15) is 0 Å².